The zero-order valence-electron chi connectivity index (χ0n) is 9.83. The van der Waals surface area contributed by atoms with Crippen molar-refractivity contribution in [3.8, 4) is 5.69 Å². The molecule has 2 aromatic rings. The van der Waals surface area contributed by atoms with E-state index in [1.54, 1.807) is 0 Å². The molecule has 0 atom stereocenters. The van der Waals surface area contributed by atoms with Crippen molar-refractivity contribution >= 4 is 5.97 Å². The molecule has 18 heavy (non-hydrogen) atoms. The number of carboxylic acids is 1. The number of carbonyl (C=O) groups is 1. The predicted octanol–water partition coefficient (Wildman–Crippen LogP) is 1.62. The third-order valence-electron chi connectivity index (χ3n) is 2.43. The maximum Gasteiger partial charge on any atom is 0.338 e. The summed E-state index contributed by atoms with van der Waals surface area (Å²) in [6.45, 7) is 3.76. The number of hydrogen-bond donors (Lipinski definition) is 1. The first-order valence-electron chi connectivity index (χ1n) is 5.32. The molecule has 0 saturated carbocycles. The van der Waals surface area contributed by atoms with E-state index in [2.05, 4.69) is 15.5 Å². The number of halogens is 1. The van der Waals surface area contributed by atoms with Crippen molar-refractivity contribution in [3.63, 3.8) is 0 Å². The molecule has 1 aromatic heterocycles. The summed E-state index contributed by atoms with van der Waals surface area (Å²) in [5.41, 5.74) is 0.0711. The molecule has 0 aliphatic rings. The largest absolute Gasteiger partial charge is 0.478 e. The van der Waals surface area contributed by atoms with Gasteiger partial charge in [0.15, 0.2) is 5.82 Å². The molecule has 0 bridgehead atoms. The Bertz CT molecular complexity index is 594. The van der Waals surface area contributed by atoms with Crippen molar-refractivity contribution < 1.29 is 14.3 Å². The molecule has 7 heteroatoms. The molecule has 0 radical (unpaired) electrons. The molecule has 0 amide bonds. The fourth-order valence-corrected chi connectivity index (χ4v) is 1.59. The Labute approximate surface area is 102 Å². The molecule has 94 valence electrons. The van der Waals surface area contributed by atoms with Crippen LogP contribution < -0.4 is 0 Å². The maximum atomic E-state index is 13.1. The van der Waals surface area contributed by atoms with Gasteiger partial charge in [-0.15, -0.1) is 5.10 Å². The van der Waals surface area contributed by atoms with Gasteiger partial charge in [0.05, 0.1) is 11.3 Å². The van der Waals surface area contributed by atoms with E-state index in [9.17, 15) is 9.18 Å². The number of benzene rings is 1. The first kappa shape index (κ1) is 12.2. The minimum absolute atomic E-state index is 0.0201. The van der Waals surface area contributed by atoms with E-state index in [1.165, 1.54) is 16.8 Å². The van der Waals surface area contributed by atoms with Gasteiger partial charge in [0, 0.05) is 5.92 Å². The van der Waals surface area contributed by atoms with Crippen LogP contribution in [0.5, 0.6) is 0 Å². The highest BCUT2D eigenvalue weighted by Crippen LogP contribution is 2.19. The summed E-state index contributed by atoms with van der Waals surface area (Å²) in [6.07, 6.45) is 0. The number of nitrogens with zero attached hydrogens (tertiary/aromatic N) is 4. The number of aromatic carboxylic acids is 1. The van der Waals surface area contributed by atoms with Gasteiger partial charge in [0.1, 0.15) is 5.82 Å². The van der Waals surface area contributed by atoms with Crippen molar-refractivity contribution in [3.05, 3.63) is 35.4 Å². The van der Waals surface area contributed by atoms with Gasteiger partial charge < -0.3 is 5.11 Å². The summed E-state index contributed by atoms with van der Waals surface area (Å²) in [4.78, 5) is 11.1. The molecule has 1 N–H and O–H groups in total. The predicted molar refractivity (Wildman–Crippen MR) is 60.2 cm³/mol. The lowest BCUT2D eigenvalue weighted by Crippen LogP contribution is -2.11. The smallest absolute Gasteiger partial charge is 0.338 e. The van der Waals surface area contributed by atoms with E-state index >= 15 is 0 Å². The first-order valence-corrected chi connectivity index (χ1v) is 5.32. The minimum Gasteiger partial charge on any atom is -0.478 e. The quantitative estimate of drug-likeness (QED) is 0.895. The van der Waals surface area contributed by atoms with Gasteiger partial charge in [-0.05, 0) is 28.6 Å². The molecule has 0 aliphatic heterocycles. The third kappa shape index (κ3) is 2.06. The first-order chi connectivity index (χ1) is 8.50. The van der Waals surface area contributed by atoms with E-state index in [0.717, 1.165) is 6.07 Å². The Hall–Kier alpha value is -2.31. The minimum atomic E-state index is -1.23. The summed E-state index contributed by atoms with van der Waals surface area (Å²) in [7, 11) is 0. The summed E-state index contributed by atoms with van der Waals surface area (Å²) in [5.74, 6) is -1.30. The second-order valence-electron chi connectivity index (χ2n) is 4.07. The molecule has 0 aliphatic carbocycles. The van der Waals surface area contributed by atoms with Crippen LogP contribution in [-0.4, -0.2) is 31.3 Å². The van der Waals surface area contributed by atoms with Crippen LogP contribution in [-0.2, 0) is 0 Å². The van der Waals surface area contributed by atoms with Crippen molar-refractivity contribution in [2.24, 2.45) is 0 Å². The summed E-state index contributed by atoms with van der Waals surface area (Å²) in [6, 6.07) is 3.47. The highest BCUT2D eigenvalue weighted by Gasteiger charge is 2.18. The van der Waals surface area contributed by atoms with Gasteiger partial charge in [0.25, 0.3) is 0 Å². The number of tetrazole rings is 1. The zero-order chi connectivity index (χ0) is 13.3. The second-order valence-corrected chi connectivity index (χ2v) is 4.07. The van der Waals surface area contributed by atoms with Crippen molar-refractivity contribution in [1.29, 1.82) is 0 Å². The van der Waals surface area contributed by atoms with Gasteiger partial charge in [-0.3, -0.25) is 0 Å². The third-order valence-corrected chi connectivity index (χ3v) is 2.43. The molecule has 0 spiro atoms. The molecule has 0 saturated heterocycles. The lowest BCUT2D eigenvalue weighted by molar-refractivity contribution is 0.0696. The van der Waals surface area contributed by atoms with Crippen LogP contribution in [0.4, 0.5) is 4.39 Å². The SMILES string of the molecule is CC(C)c1nnnn1-c1ccc(F)cc1C(=O)O. The fourth-order valence-electron chi connectivity index (χ4n) is 1.59. The molecule has 6 nitrogen and oxygen atoms in total. The molecule has 1 heterocycles. The van der Waals surface area contributed by atoms with Gasteiger partial charge in [-0.25, -0.2) is 9.18 Å². The standard InChI is InChI=1S/C11H11FN4O2/c1-6(2)10-13-14-15-16(10)9-4-3-7(12)5-8(9)11(17)18/h3-6H,1-2H3,(H,17,18). The van der Waals surface area contributed by atoms with E-state index < -0.39 is 11.8 Å². The number of rotatable bonds is 3. The van der Waals surface area contributed by atoms with E-state index in [-0.39, 0.29) is 17.2 Å². The topological polar surface area (TPSA) is 80.9 Å². The Morgan fingerprint density at radius 1 is 1.44 bits per heavy atom. The summed E-state index contributed by atoms with van der Waals surface area (Å²) in [5, 5.41) is 20.2. The molecule has 0 unspecified atom stereocenters. The summed E-state index contributed by atoms with van der Waals surface area (Å²) < 4.78 is 14.4. The van der Waals surface area contributed by atoms with Gasteiger partial charge >= 0.3 is 5.97 Å². The van der Waals surface area contributed by atoms with Crippen LogP contribution in [0.1, 0.15) is 35.9 Å². The van der Waals surface area contributed by atoms with Crippen molar-refractivity contribution in [2.75, 3.05) is 0 Å². The molecule has 1 aromatic carbocycles. The summed E-state index contributed by atoms with van der Waals surface area (Å²) >= 11 is 0. The fraction of sp³-hybridized carbons (Fsp3) is 0.273. The average Bonchev–Trinajstić information content (AvgIpc) is 2.77. The Morgan fingerprint density at radius 2 is 2.17 bits per heavy atom. The number of hydrogen-bond acceptors (Lipinski definition) is 4. The van der Waals surface area contributed by atoms with Crippen LogP contribution >= 0.6 is 0 Å². The van der Waals surface area contributed by atoms with Crippen molar-refractivity contribution in [2.45, 2.75) is 19.8 Å². The lowest BCUT2D eigenvalue weighted by atomic mass is 10.1. The normalized spacial score (nSPS) is 10.9. The van der Waals surface area contributed by atoms with Gasteiger partial charge in [-0.1, -0.05) is 13.8 Å². The zero-order valence-corrected chi connectivity index (χ0v) is 9.83. The Balaban J connectivity index is 2.63. The van der Waals surface area contributed by atoms with Crippen LogP contribution in [0.2, 0.25) is 0 Å². The Kier molecular flexibility index (Phi) is 3.05. The van der Waals surface area contributed by atoms with Crippen LogP contribution in [0.15, 0.2) is 18.2 Å². The molecular formula is C11H11FN4O2. The van der Waals surface area contributed by atoms with Gasteiger partial charge in [-0.2, -0.15) is 4.68 Å². The number of carboxylic acid groups (broad SMARTS) is 1. The number of aromatic nitrogens is 4. The maximum absolute atomic E-state index is 13.1. The molecular weight excluding hydrogens is 239 g/mol. The second kappa shape index (κ2) is 4.52. The van der Waals surface area contributed by atoms with Crippen molar-refractivity contribution in [1.82, 2.24) is 20.2 Å². The molecule has 0 fully saturated rings. The highest BCUT2D eigenvalue weighted by atomic mass is 19.1. The van der Waals surface area contributed by atoms with E-state index in [0.29, 0.717) is 5.82 Å². The van der Waals surface area contributed by atoms with Gasteiger partial charge in [0.2, 0.25) is 0 Å². The van der Waals surface area contributed by atoms with E-state index in [1.807, 2.05) is 13.8 Å². The van der Waals surface area contributed by atoms with E-state index in [4.69, 9.17) is 5.11 Å². The monoisotopic (exact) mass is 250 g/mol. The lowest BCUT2D eigenvalue weighted by Gasteiger charge is -2.09. The van der Waals surface area contributed by atoms with Crippen LogP contribution in [0.3, 0.4) is 0 Å². The molecule has 2 rings (SSSR count). The van der Waals surface area contributed by atoms with Crippen LogP contribution in [0, 0.1) is 5.82 Å². The van der Waals surface area contributed by atoms with Crippen LogP contribution in [0.25, 0.3) is 5.69 Å². The highest BCUT2D eigenvalue weighted by molar-refractivity contribution is 5.91. The average molecular weight is 250 g/mol. The Morgan fingerprint density at radius 3 is 2.78 bits per heavy atom.